The van der Waals surface area contributed by atoms with E-state index in [0.29, 0.717) is 13.0 Å². The van der Waals surface area contributed by atoms with E-state index in [1.807, 2.05) is 49.4 Å². The van der Waals surface area contributed by atoms with Gasteiger partial charge in [0.2, 0.25) is 11.8 Å². The van der Waals surface area contributed by atoms with Gasteiger partial charge in [-0.15, -0.1) is 12.4 Å². The Hall–Kier alpha value is -2.19. The Morgan fingerprint density at radius 1 is 1.13 bits per heavy atom. The summed E-state index contributed by atoms with van der Waals surface area (Å²) in [5.74, 6) is -0.619. The number of nitrogens with two attached hydrogens (primary N) is 1. The van der Waals surface area contributed by atoms with Crippen molar-refractivity contribution < 1.29 is 14.7 Å². The predicted octanol–water partition coefficient (Wildman–Crippen LogP) is 1.11. The number of carbonyl (C=O) groups is 2. The quantitative estimate of drug-likeness (QED) is 0.382. The van der Waals surface area contributed by atoms with Gasteiger partial charge in [0, 0.05) is 19.5 Å². The molecule has 30 heavy (non-hydrogen) atoms. The third-order valence-electron chi connectivity index (χ3n) is 4.85. The van der Waals surface area contributed by atoms with Crippen LogP contribution >= 0.6 is 12.4 Å². The Balaban J connectivity index is 0.00000450. The second-order valence-corrected chi connectivity index (χ2v) is 7.70. The van der Waals surface area contributed by atoms with Crippen molar-refractivity contribution in [1.29, 1.82) is 0 Å². The molecule has 166 valence electrons. The summed E-state index contributed by atoms with van der Waals surface area (Å²) in [4.78, 5) is 25.5. The summed E-state index contributed by atoms with van der Waals surface area (Å²) in [6, 6.07) is 13.2. The van der Waals surface area contributed by atoms with Gasteiger partial charge in [-0.1, -0.05) is 49.4 Å². The van der Waals surface area contributed by atoms with Crippen LogP contribution in [0.3, 0.4) is 0 Å². The zero-order chi connectivity index (χ0) is 21.4. The molecule has 7 nitrogen and oxygen atoms in total. The summed E-state index contributed by atoms with van der Waals surface area (Å²) in [6.07, 6.45) is -0.488. The van der Waals surface area contributed by atoms with Crippen molar-refractivity contribution in [3.05, 3.63) is 48.0 Å². The molecule has 1 unspecified atom stereocenters. The van der Waals surface area contributed by atoms with E-state index in [0.717, 1.165) is 16.3 Å². The van der Waals surface area contributed by atoms with Crippen molar-refractivity contribution in [1.82, 2.24) is 16.0 Å². The Morgan fingerprint density at radius 3 is 2.43 bits per heavy atom. The Morgan fingerprint density at radius 2 is 1.80 bits per heavy atom. The van der Waals surface area contributed by atoms with Crippen LogP contribution in [0.15, 0.2) is 42.5 Å². The molecule has 0 fully saturated rings. The smallest absolute Gasteiger partial charge is 0.243 e. The monoisotopic (exact) mass is 436 g/mol. The van der Waals surface area contributed by atoms with Crippen molar-refractivity contribution >= 4 is 35.0 Å². The molecule has 0 bridgehead atoms. The van der Waals surface area contributed by atoms with Gasteiger partial charge in [0.25, 0.3) is 0 Å². The number of hydrogen-bond acceptors (Lipinski definition) is 5. The van der Waals surface area contributed by atoms with E-state index < -0.39 is 17.7 Å². The number of halogens is 1. The van der Waals surface area contributed by atoms with E-state index in [2.05, 4.69) is 16.0 Å². The summed E-state index contributed by atoms with van der Waals surface area (Å²) in [6.45, 7) is 6.18. The van der Waals surface area contributed by atoms with Gasteiger partial charge in [-0.05, 0) is 36.7 Å². The summed E-state index contributed by atoms with van der Waals surface area (Å²) in [7, 11) is 0. The maximum absolute atomic E-state index is 12.8. The van der Waals surface area contributed by atoms with Crippen molar-refractivity contribution in [2.45, 2.75) is 44.9 Å². The molecule has 0 aliphatic carbocycles. The lowest BCUT2D eigenvalue weighted by Gasteiger charge is -2.28. The van der Waals surface area contributed by atoms with E-state index in [9.17, 15) is 14.7 Å². The van der Waals surface area contributed by atoms with Gasteiger partial charge < -0.3 is 26.8 Å². The average Bonchev–Trinajstić information content (AvgIpc) is 2.70. The molecule has 0 aliphatic rings. The molecule has 2 atom stereocenters. The van der Waals surface area contributed by atoms with Crippen molar-refractivity contribution in [2.24, 2.45) is 5.73 Å². The van der Waals surface area contributed by atoms with Gasteiger partial charge in [-0.25, -0.2) is 0 Å². The number of aliphatic hydroxyl groups is 1. The number of rotatable bonds is 10. The minimum Gasteiger partial charge on any atom is -0.390 e. The number of aliphatic hydroxyl groups excluding tert-OH is 1. The van der Waals surface area contributed by atoms with E-state index in [4.69, 9.17) is 5.73 Å². The topological polar surface area (TPSA) is 116 Å². The number of benzene rings is 2. The third kappa shape index (κ3) is 7.25. The number of likely N-dealkylation sites (N-methyl/N-ethyl adjacent to an activating group) is 1. The zero-order valence-corrected chi connectivity index (χ0v) is 18.6. The molecule has 0 saturated heterocycles. The minimum absolute atomic E-state index is 0. The molecule has 2 amide bonds. The van der Waals surface area contributed by atoms with Crippen LogP contribution < -0.4 is 21.7 Å². The molecule has 0 saturated carbocycles. The highest BCUT2D eigenvalue weighted by atomic mass is 35.5. The first-order valence-electron chi connectivity index (χ1n) is 9.96. The molecule has 0 aromatic heterocycles. The van der Waals surface area contributed by atoms with E-state index in [1.54, 1.807) is 13.8 Å². The Kier molecular flexibility index (Phi) is 10.2. The van der Waals surface area contributed by atoms with Gasteiger partial charge in [0.05, 0.1) is 11.6 Å². The molecule has 0 spiro atoms. The fraction of sp³-hybridized carbons (Fsp3) is 0.455. The van der Waals surface area contributed by atoms with E-state index in [1.165, 1.54) is 0 Å². The van der Waals surface area contributed by atoms with Crippen LogP contribution in [-0.4, -0.2) is 54.2 Å². The lowest BCUT2D eigenvalue weighted by Crippen LogP contribution is -2.58. The van der Waals surface area contributed by atoms with Crippen LogP contribution in [0.4, 0.5) is 0 Å². The van der Waals surface area contributed by atoms with Crippen LogP contribution in [0.2, 0.25) is 0 Å². The van der Waals surface area contributed by atoms with Gasteiger partial charge in [0.15, 0.2) is 0 Å². The largest absolute Gasteiger partial charge is 0.390 e. The van der Waals surface area contributed by atoms with Crippen LogP contribution in [-0.2, 0) is 16.0 Å². The highest BCUT2D eigenvalue weighted by Gasteiger charge is 2.30. The standard InChI is InChI=1S/C22H32N4O3.ClH/c1-4-25-22(2,3)21(29)26-19(20(28)24-14-18(27)13-23)12-15-9-10-16-7-5-6-8-17(16)11-15;/h5-11,18-19,25,27H,4,12-14,23H2,1-3H3,(H,24,28)(H,26,29);1H/t18?,19-;/m1./s1. The molecule has 0 aliphatic heterocycles. The Bertz CT molecular complexity index is 844. The third-order valence-corrected chi connectivity index (χ3v) is 4.85. The first-order valence-corrected chi connectivity index (χ1v) is 9.96. The summed E-state index contributed by atoms with van der Waals surface area (Å²) in [5, 5.41) is 20.5. The van der Waals surface area contributed by atoms with Gasteiger partial charge in [-0.3, -0.25) is 9.59 Å². The highest BCUT2D eigenvalue weighted by molar-refractivity contribution is 5.92. The predicted molar refractivity (Wildman–Crippen MR) is 123 cm³/mol. The number of nitrogens with one attached hydrogen (secondary N) is 3. The fourth-order valence-electron chi connectivity index (χ4n) is 3.10. The lowest BCUT2D eigenvalue weighted by molar-refractivity contribution is -0.132. The van der Waals surface area contributed by atoms with Crippen LogP contribution in [0.25, 0.3) is 10.8 Å². The van der Waals surface area contributed by atoms with Crippen LogP contribution in [0.1, 0.15) is 26.3 Å². The average molecular weight is 437 g/mol. The first-order chi connectivity index (χ1) is 13.8. The van der Waals surface area contributed by atoms with Crippen molar-refractivity contribution in [2.75, 3.05) is 19.6 Å². The first kappa shape index (κ1) is 25.8. The van der Waals surface area contributed by atoms with Gasteiger partial charge >= 0.3 is 0 Å². The fourth-order valence-corrected chi connectivity index (χ4v) is 3.10. The second kappa shape index (κ2) is 11.9. The molecule has 8 heteroatoms. The van der Waals surface area contributed by atoms with Crippen LogP contribution in [0.5, 0.6) is 0 Å². The van der Waals surface area contributed by atoms with E-state index >= 15 is 0 Å². The molecule has 6 N–H and O–H groups in total. The molecular weight excluding hydrogens is 404 g/mol. The zero-order valence-electron chi connectivity index (χ0n) is 17.8. The van der Waals surface area contributed by atoms with E-state index in [-0.39, 0.29) is 37.3 Å². The summed E-state index contributed by atoms with van der Waals surface area (Å²) >= 11 is 0. The van der Waals surface area contributed by atoms with Gasteiger partial charge in [0.1, 0.15) is 6.04 Å². The number of hydrogen-bond donors (Lipinski definition) is 5. The summed E-state index contributed by atoms with van der Waals surface area (Å²) < 4.78 is 0. The van der Waals surface area contributed by atoms with Gasteiger partial charge in [-0.2, -0.15) is 0 Å². The number of carbonyl (C=O) groups excluding carboxylic acids is 2. The molecule has 0 radical (unpaired) electrons. The minimum atomic E-state index is -0.825. The number of fused-ring (bicyclic) bond motifs is 1. The van der Waals surface area contributed by atoms with Crippen molar-refractivity contribution in [3.63, 3.8) is 0 Å². The van der Waals surface area contributed by atoms with Crippen LogP contribution in [0, 0.1) is 0 Å². The molecular formula is C22H33ClN4O3. The van der Waals surface area contributed by atoms with Crippen molar-refractivity contribution in [3.8, 4) is 0 Å². The number of amides is 2. The highest BCUT2D eigenvalue weighted by Crippen LogP contribution is 2.17. The summed E-state index contributed by atoms with van der Waals surface area (Å²) in [5.41, 5.74) is 5.53. The lowest BCUT2D eigenvalue weighted by atomic mass is 9.99. The maximum atomic E-state index is 12.8. The molecule has 0 heterocycles. The maximum Gasteiger partial charge on any atom is 0.243 e. The molecule has 2 rings (SSSR count). The SMILES string of the molecule is CCNC(C)(C)C(=O)N[C@H](Cc1ccc2ccccc2c1)C(=O)NCC(O)CN.Cl. The normalized spacial score (nSPS) is 13.2. The second-order valence-electron chi connectivity index (χ2n) is 7.70. The Labute approximate surface area is 184 Å². The molecule has 2 aromatic carbocycles. The molecule has 2 aromatic rings.